The summed E-state index contributed by atoms with van der Waals surface area (Å²) in [5.74, 6) is 1.24. The molecule has 0 bridgehead atoms. The lowest BCUT2D eigenvalue weighted by Gasteiger charge is -2.09. The number of nitrogens with one attached hydrogen (secondary N) is 1. The van der Waals surface area contributed by atoms with Crippen LogP contribution in [0.3, 0.4) is 0 Å². The topological polar surface area (TPSA) is 55.0 Å². The van der Waals surface area contributed by atoms with E-state index in [0.717, 1.165) is 15.6 Å². The van der Waals surface area contributed by atoms with Crippen molar-refractivity contribution in [3.63, 3.8) is 0 Å². The smallest absolute Gasteiger partial charge is 0.259 e. The highest BCUT2D eigenvalue weighted by Crippen LogP contribution is 2.23. The van der Waals surface area contributed by atoms with Crippen molar-refractivity contribution in [1.29, 1.82) is 0 Å². The lowest BCUT2D eigenvalue weighted by Crippen LogP contribution is -2.09. The molecule has 0 unspecified atom stereocenters. The number of fused-ring (bicyclic) bond motifs is 1. The van der Waals surface area contributed by atoms with Gasteiger partial charge < -0.3 is 9.72 Å². The highest BCUT2D eigenvalue weighted by molar-refractivity contribution is 9.10. The maximum Gasteiger partial charge on any atom is 0.259 e. The average Bonchev–Trinajstić information content (AvgIpc) is 2.68. The number of halogens is 1. The van der Waals surface area contributed by atoms with Crippen LogP contribution in [-0.2, 0) is 6.61 Å². The number of nitrogens with zero attached hydrogens (tertiary/aromatic N) is 1. The average molecular weight is 407 g/mol. The lowest BCUT2D eigenvalue weighted by atomic mass is 10.2. The molecule has 4 aromatic rings. The zero-order valence-electron chi connectivity index (χ0n) is 13.8. The number of rotatable bonds is 4. The number of H-pyrrole nitrogens is 1. The van der Waals surface area contributed by atoms with Crippen LogP contribution < -0.4 is 10.3 Å². The summed E-state index contributed by atoms with van der Waals surface area (Å²) in [5, 5.41) is 0.581. The van der Waals surface area contributed by atoms with Gasteiger partial charge in [-0.1, -0.05) is 58.4 Å². The van der Waals surface area contributed by atoms with Gasteiger partial charge in [-0.15, -0.1) is 0 Å². The van der Waals surface area contributed by atoms with Crippen LogP contribution in [0.1, 0.15) is 5.56 Å². The number of aromatic nitrogens is 2. The van der Waals surface area contributed by atoms with Crippen molar-refractivity contribution in [2.75, 3.05) is 0 Å². The largest absolute Gasteiger partial charge is 0.489 e. The minimum absolute atomic E-state index is 0.148. The zero-order valence-corrected chi connectivity index (χ0v) is 15.4. The molecule has 0 atom stereocenters. The van der Waals surface area contributed by atoms with Crippen molar-refractivity contribution in [2.24, 2.45) is 0 Å². The molecule has 26 heavy (non-hydrogen) atoms. The molecular formula is C21H15BrN2O2. The van der Waals surface area contributed by atoms with E-state index in [4.69, 9.17) is 4.74 Å². The molecule has 0 aliphatic rings. The van der Waals surface area contributed by atoms with Gasteiger partial charge in [0.15, 0.2) is 0 Å². The molecule has 0 spiro atoms. The Kier molecular flexibility index (Phi) is 4.54. The number of hydrogen-bond acceptors (Lipinski definition) is 3. The van der Waals surface area contributed by atoms with Gasteiger partial charge in [0.1, 0.15) is 18.2 Å². The second kappa shape index (κ2) is 7.14. The standard InChI is InChI=1S/C21H15BrN2O2/c22-18-10-3-1-6-15(18)13-26-16-8-5-7-14(12-16)20-23-19-11-4-2-9-17(19)21(25)24-20/h1-12H,13H2,(H,23,24,25). The lowest BCUT2D eigenvalue weighted by molar-refractivity contribution is 0.305. The van der Waals surface area contributed by atoms with E-state index in [1.807, 2.05) is 66.7 Å². The van der Waals surface area contributed by atoms with Crippen molar-refractivity contribution in [3.05, 3.63) is 93.2 Å². The van der Waals surface area contributed by atoms with Crippen molar-refractivity contribution in [1.82, 2.24) is 9.97 Å². The van der Waals surface area contributed by atoms with E-state index in [1.54, 1.807) is 6.07 Å². The Bertz CT molecular complexity index is 1140. The molecule has 0 aliphatic carbocycles. The molecular weight excluding hydrogens is 392 g/mol. The van der Waals surface area contributed by atoms with E-state index in [-0.39, 0.29) is 5.56 Å². The van der Waals surface area contributed by atoms with E-state index < -0.39 is 0 Å². The van der Waals surface area contributed by atoms with E-state index in [2.05, 4.69) is 25.9 Å². The monoisotopic (exact) mass is 406 g/mol. The first-order valence-electron chi connectivity index (χ1n) is 8.16. The van der Waals surface area contributed by atoms with Crippen LogP contribution in [0.4, 0.5) is 0 Å². The molecule has 1 heterocycles. The molecule has 0 amide bonds. The quantitative estimate of drug-likeness (QED) is 0.522. The van der Waals surface area contributed by atoms with Crippen LogP contribution in [0.15, 0.2) is 82.1 Å². The van der Waals surface area contributed by atoms with Crippen LogP contribution in [-0.4, -0.2) is 9.97 Å². The maximum absolute atomic E-state index is 12.3. The number of aromatic amines is 1. The van der Waals surface area contributed by atoms with Gasteiger partial charge in [0, 0.05) is 15.6 Å². The predicted octanol–water partition coefficient (Wildman–Crippen LogP) is 4.93. The van der Waals surface area contributed by atoms with Crippen LogP contribution in [0.2, 0.25) is 0 Å². The SMILES string of the molecule is O=c1[nH]c(-c2cccc(OCc3ccccc3Br)c2)nc2ccccc12. The summed E-state index contributed by atoms with van der Waals surface area (Å²) < 4.78 is 6.91. The molecule has 0 saturated carbocycles. The minimum atomic E-state index is -0.148. The Morgan fingerprint density at radius 1 is 0.962 bits per heavy atom. The fourth-order valence-corrected chi connectivity index (χ4v) is 3.13. The van der Waals surface area contributed by atoms with Gasteiger partial charge in [0.25, 0.3) is 5.56 Å². The van der Waals surface area contributed by atoms with Crippen LogP contribution in [0.5, 0.6) is 5.75 Å². The molecule has 4 rings (SSSR count). The molecule has 4 nitrogen and oxygen atoms in total. The van der Waals surface area contributed by atoms with Crippen molar-refractivity contribution in [3.8, 4) is 17.1 Å². The van der Waals surface area contributed by atoms with Gasteiger partial charge in [-0.2, -0.15) is 0 Å². The number of benzene rings is 3. The molecule has 5 heteroatoms. The van der Waals surface area contributed by atoms with Crippen LogP contribution in [0, 0.1) is 0 Å². The summed E-state index contributed by atoms with van der Waals surface area (Å²) in [6.07, 6.45) is 0. The van der Waals surface area contributed by atoms with Gasteiger partial charge in [0.2, 0.25) is 0 Å². The Hall–Kier alpha value is -2.92. The van der Waals surface area contributed by atoms with Crippen molar-refractivity contribution >= 4 is 26.8 Å². The van der Waals surface area contributed by atoms with Crippen LogP contribution in [0.25, 0.3) is 22.3 Å². The van der Waals surface area contributed by atoms with Crippen molar-refractivity contribution < 1.29 is 4.74 Å². The molecule has 0 saturated heterocycles. The normalized spacial score (nSPS) is 10.8. The van der Waals surface area contributed by atoms with E-state index >= 15 is 0 Å². The summed E-state index contributed by atoms with van der Waals surface area (Å²) in [4.78, 5) is 19.7. The highest BCUT2D eigenvalue weighted by atomic mass is 79.9. The van der Waals surface area contributed by atoms with Gasteiger partial charge in [-0.25, -0.2) is 4.98 Å². The molecule has 0 aliphatic heterocycles. The second-order valence-electron chi connectivity index (χ2n) is 5.84. The molecule has 3 aromatic carbocycles. The van der Waals surface area contributed by atoms with Gasteiger partial charge in [0.05, 0.1) is 10.9 Å². The highest BCUT2D eigenvalue weighted by Gasteiger charge is 2.07. The summed E-state index contributed by atoms with van der Waals surface area (Å²) in [6.45, 7) is 0.451. The first-order chi connectivity index (χ1) is 12.7. The predicted molar refractivity (Wildman–Crippen MR) is 106 cm³/mol. The minimum Gasteiger partial charge on any atom is -0.489 e. The third-order valence-corrected chi connectivity index (χ3v) is 4.85. The number of para-hydroxylation sites is 1. The van der Waals surface area contributed by atoms with Crippen LogP contribution >= 0.6 is 15.9 Å². The summed E-state index contributed by atoms with van der Waals surface area (Å²) in [7, 11) is 0. The Balaban J connectivity index is 1.64. The Labute approximate surface area is 158 Å². The van der Waals surface area contributed by atoms with E-state index in [1.165, 1.54) is 0 Å². The first kappa shape index (κ1) is 16.5. The Morgan fingerprint density at radius 2 is 1.77 bits per heavy atom. The molecule has 128 valence electrons. The van der Waals surface area contributed by atoms with E-state index in [0.29, 0.717) is 29.1 Å². The maximum atomic E-state index is 12.3. The summed E-state index contributed by atoms with van der Waals surface area (Å²) in [5.41, 5.74) is 2.39. The number of ether oxygens (including phenoxy) is 1. The molecule has 1 aromatic heterocycles. The second-order valence-corrected chi connectivity index (χ2v) is 6.69. The number of hydrogen-bond donors (Lipinski definition) is 1. The van der Waals surface area contributed by atoms with Crippen molar-refractivity contribution in [2.45, 2.75) is 6.61 Å². The fraction of sp³-hybridized carbons (Fsp3) is 0.0476. The summed E-state index contributed by atoms with van der Waals surface area (Å²) >= 11 is 3.52. The summed E-state index contributed by atoms with van der Waals surface area (Å²) in [6, 6.07) is 22.8. The van der Waals surface area contributed by atoms with E-state index in [9.17, 15) is 4.79 Å². The zero-order chi connectivity index (χ0) is 17.9. The molecule has 1 N–H and O–H groups in total. The fourth-order valence-electron chi connectivity index (χ4n) is 2.73. The third-order valence-electron chi connectivity index (χ3n) is 4.07. The Morgan fingerprint density at radius 3 is 2.65 bits per heavy atom. The molecule has 0 radical (unpaired) electrons. The van der Waals surface area contributed by atoms with Gasteiger partial charge in [-0.3, -0.25) is 4.79 Å². The van der Waals surface area contributed by atoms with Gasteiger partial charge in [-0.05, 0) is 30.3 Å². The molecule has 0 fully saturated rings. The third kappa shape index (κ3) is 3.39. The first-order valence-corrected chi connectivity index (χ1v) is 8.96. The van der Waals surface area contributed by atoms with Gasteiger partial charge >= 0.3 is 0 Å².